The predicted molar refractivity (Wildman–Crippen MR) is 57.5 cm³/mol. The monoisotopic (exact) mass is 208 g/mol. The Balaban J connectivity index is 1.97. The number of carbonyl (C=O) groups excluding carboxylic acids is 1. The fourth-order valence-corrected chi connectivity index (χ4v) is 1.86. The van der Waals surface area contributed by atoms with Crippen LogP contribution >= 0.6 is 0 Å². The van der Waals surface area contributed by atoms with Crippen molar-refractivity contribution in [3.05, 3.63) is 11.8 Å². The van der Waals surface area contributed by atoms with Gasteiger partial charge >= 0.3 is 0 Å². The van der Waals surface area contributed by atoms with Crippen LogP contribution in [-0.2, 0) is 4.79 Å². The second-order valence-electron chi connectivity index (χ2n) is 4.17. The van der Waals surface area contributed by atoms with Crippen molar-refractivity contribution in [1.29, 1.82) is 0 Å². The van der Waals surface area contributed by atoms with E-state index in [1.54, 1.807) is 0 Å². The van der Waals surface area contributed by atoms with Gasteiger partial charge in [-0.05, 0) is 19.4 Å². The summed E-state index contributed by atoms with van der Waals surface area (Å²) in [5.41, 5.74) is 0.947. The molecule has 0 radical (unpaired) electrons. The highest BCUT2D eigenvalue weighted by atomic mass is 16.2. The van der Waals surface area contributed by atoms with Crippen molar-refractivity contribution < 1.29 is 4.79 Å². The molecule has 2 unspecified atom stereocenters. The van der Waals surface area contributed by atoms with E-state index in [9.17, 15) is 4.79 Å². The van der Waals surface area contributed by atoms with Crippen molar-refractivity contribution in [1.82, 2.24) is 15.5 Å². The maximum atomic E-state index is 11.8. The summed E-state index contributed by atoms with van der Waals surface area (Å²) < 4.78 is 0. The Morgan fingerprint density at radius 1 is 1.60 bits per heavy atom. The molecule has 2 rings (SSSR count). The second kappa shape index (κ2) is 4.02. The molecular weight excluding hydrogens is 192 g/mol. The normalized spacial score (nSPS) is 25.5. The molecular formula is C10H16N4O. The predicted octanol–water partition coefficient (Wildman–Crippen LogP) is 0.512. The van der Waals surface area contributed by atoms with Gasteiger partial charge < -0.3 is 10.6 Å². The van der Waals surface area contributed by atoms with E-state index in [-0.39, 0.29) is 11.8 Å². The molecule has 1 aromatic rings. The molecule has 82 valence electrons. The zero-order valence-electron chi connectivity index (χ0n) is 9.00. The molecule has 0 aromatic carbocycles. The highest BCUT2D eigenvalue weighted by Crippen LogP contribution is 2.17. The molecule has 5 nitrogen and oxygen atoms in total. The van der Waals surface area contributed by atoms with Crippen LogP contribution in [0.25, 0.3) is 0 Å². The number of H-pyrrole nitrogens is 1. The number of rotatable bonds is 2. The van der Waals surface area contributed by atoms with Gasteiger partial charge in [-0.3, -0.25) is 9.89 Å². The number of hydrogen-bond donors (Lipinski definition) is 3. The van der Waals surface area contributed by atoms with Gasteiger partial charge in [-0.25, -0.2) is 0 Å². The molecule has 5 heteroatoms. The van der Waals surface area contributed by atoms with Crippen molar-refractivity contribution in [3.63, 3.8) is 0 Å². The minimum atomic E-state index is 0.0546. The van der Waals surface area contributed by atoms with Gasteiger partial charge in [-0.15, -0.1) is 0 Å². The van der Waals surface area contributed by atoms with E-state index in [2.05, 4.69) is 27.8 Å². The van der Waals surface area contributed by atoms with Crippen LogP contribution in [0.5, 0.6) is 0 Å². The molecule has 1 saturated heterocycles. The zero-order chi connectivity index (χ0) is 10.8. The van der Waals surface area contributed by atoms with Crippen molar-refractivity contribution in [2.45, 2.75) is 13.8 Å². The van der Waals surface area contributed by atoms with Gasteiger partial charge in [0, 0.05) is 18.3 Å². The molecule has 1 aliphatic rings. The first kappa shape index (κ1) is 10.2. The summed E-state index contributed by atoms with van der Waals surface area (Å²) in [5.74, 6) is 1.11. The Morgan fingerprint density at radius 2 is 2.40 bits per heavy atom. The fraction of sp³-hybridized carbons (Fsp3) is 0.600. The molecule has 0 saturated carbocycles. The quantitative estimate of drug-likeness (QED) is 0.663. The third-order valence-electron chi connectivity index (χ3n) is 2.81. The SMILES string of the molecule is Cc1cc(NC(=O)C2CNCC2C)n[nH]1. The molecule has 15 heavy (non-hydrogen) atoms. The molecule has 0 bridgehead atoms. The van der Waals surface area contributed by atoms with Gasteiger partial charge in [0.15, 0.2) is 5.82 Å². The Hall–Kier alpha value is -1.36. The lowest BCUT2D eigenvalue weighted by molar-refractivity contribution is -0.120. The number of anilines is 1. The van der Waals surface area contributed by atoms with Crippen molar-refractivity contribution in [2.75, 3.05) is 18.4 Å². The fourth-order valence-electron chi connectivity index (χ4n) is 1.86. The summed E-state index contributed by atoms with van der Waals surface area (Å²) >= 11 is 0. The van der Waals surface area contributed by atoms with Crippen molar-refractivity contribution in [3.8, 4) is 0 Å². The summed E-state index contributed by atoms with van der Waals surface area (Å²) in [5, 5.41) is 12.8. The first-order valence-electron chi connectivity index (χ1n) is 5.20. The molecule has 1 amide bonds. The van der Waals surface area contributed by atoms with Crippen LogP contribution in [0.15, 0.2) is 6.07 Å². The summed E-state index contributed by atoms with van der Waals surface area (Å²) in [6, 6.07) is 1.82. The summed E-state index contributed by atoms with van der Waals surface area (Å²) in [6.45, 7) is 5.66. The Morgan fingerprint density at radius 3 is 2.93 bits per heavy atom. The van der Waals surface area contributed by atoms with Crippen LogP contribution in [0.1, 0.15) is 12.6 Å². The number of carbonyl (C=O) groups is 1. The summed E-state index contributed by atoms with van der Waals surface area (Å²) in [4.78, 5) is 11.8. The van der Waals surface area contributed by atoms with Crippen LogP contribution in [0.2, 0.25) is 0 Å². The maximum absolute atomic E-state index is 11.8. The molecule has 2 heterocycles. The molecule has 1 aliphatic heterocycles. The first-order valence-corrected chi connectivity index (χ1v) is 5.20. The third-order valence-corrected chi connectivity index (χ3v) is 2.81. The first-order chi connectivity index (χ1) is 7.16. The van der Waals surface area contributed by atoms with E-state index >= 15 is 0 Å². The smallest absolute Gasteiger partial charge is 0.230 e. The lowest BCUT2D eigenvalue weighted by atomic mass is 9.97. The lowest BCUT2D eigenvalue weighted by Crippen LogP contribution is -2.27. The molecule has 0 aliphatic carbocycles. The summed E-state index contributed by atoms with van der Waals surface area (Å²) in [7, 11) is 0. The zero-order valence-corrected chi connectivity index (χ0v) is 9.00. The van der Waals surface area contributed by atoms with Gasteiger partial charge in [-0.1, -0.05) is 6.92 Å². The molecule has 1 fully saturated rings. The minimum Gasteiger partial charge on any atom is -0.316 e. The number of aromatic amines is 1. The molecule has 2 atom stereocenters. The van der Waals surface area contributed by atoms with Gasteiger partial charge in [0.2, 0.25) is 5.91 Å². The molecule has 0 spiro atoms. The van der Waals surface area contributed by atoms with E-state index in [1.807, 2.05) is 13.0 Å². The van der Waals surface area contributed by atoms with Crippen LogP contribution < -0.4 is 10.6 Å². The van der Waals surface area contributed by atoms with Crippen molar-refractivity contribution >= 4 is 11.7 Å². The van der Waals surface area contributed by atoms with E-state index in [0.717, 1.165) is 18.8 Å². The molecule has 1 aromatic heterocycles. The van der Waals surface area contributed by atoms with Crippen LogP contribution in [0.3, 0.4) is 0 Å². The average molecular weight is 208 g/mol. The van der Waals surface area contributed by atoms with Crippen LogP contribution in [0.4, 0.5) is 5.82 Å². The van der Waals surface area contributed by atoms with Gasteiger partial charge in [-0.2, -0.15) is 5.10 Å². The van der Waals surface area contributed by atoms with Gasteiger partial charge in [0.25, 0.3) is 0 Å². The van der Waals surface area contributed by atoms with Crippen molar-refractivity contribution in [2.24, 2.45) is 11.8 Å². The Bertz CT molecular complexity index is 360. The number of aromatic nitrogens is 2. The summed E-state index contributed by atoms with van der Waals surface area (Å²) in [6.07, 6.45) is 0. The minimum absolute atomic E-state index is 0.0546. The van der Waals surface area contributed by atoms with E-state index in [4.69, 9.17) is 0 Å². The third kappa shape index (κ3) is 2.18. The van der Waals surface area contributed by atoms with Gasteiger partial charge in [0.1, 0.15) is 0 Å². The van der Waals surface area contributed by atoms with E-state index in [0.29, 0.717) is 11.7 Å². The largest absolute Gasteiger partial charge is 0.316 e. The lowest BCUT2D eigenvalue weighted by Gasteiger charge is -2.12. The standard InChI is InChI=1S/C10H16N4O/c1-6-4-11-5-8(6)10(15)12-9-3-7(2)13-14-9/h3,6,8,11H,4-5H2,1-2H3,(H2,12,13,14,15). The molecule has 3 N–H and O–H groups in total. The Kier molecular flexibility index (Phi) is 2.73. The van der Waals surface area contributed by atoms with Crippen LogP contribution in [0, 0.1) is 18.8 Å². The van der Waals surface area contributed by atoms with E-state index in [1.165, 1.54) is 0 Å². The number of amides is 1. The number of nitrogens with zero attached hydrogens (tertiary/aromatic N) is 1. The van der Waals surface area contributed by atoms with E-state index < -0.39 is 0 Å². The number of nitrogens with one attached hydrogen (secondary N) is 3. The highest BCUT2D eigenvalue weighted by molar-refractivity contribution is 5.92. The Labute approximate surface area is 88.6 Å². The number of aryl methyl sites for hydroxylation is 1. The van der Waals surface area contributed by atoms with Crippen LogP contribution in [-0.4, -0.2) is 29.2 Å². The van der Waals surface area contributed by atoms with Gasteiger partial charge in [0.05, 0.1) is 5.92 Å². The highest BCUT2D eigenvalue weighted by Gasteiger charge is 2.29. The second-order valence-corrected chi connectivity index (χ2v) is 4.17. The number of hydrogen-bond acceptors (Lipinski definition) is 3. The maximum Gasteiger partial charge on any atom is 0.230 e. The average Bonchev–Trinajstić information content (AvgIpc) is 2.75. The topological polar surface area (TPSA) is 69.8 Å².